The zero-order valence-electron chi connectivity index (χ0n) is 15.2. The van der Waals surface area contributed by atoms with Crippen molar-refractivity contribution < 1.29 is 9.53 Å². The van der Waals surface area contributed by atoms with E-state index in [0.717, 1.165) is 53.7 Å². The summed E-state index contributed by atoms with van der Waals surface area (Å²) in [6, 6.07) is 17.3. The Hall–Kier alpha value is -3.25. The first-order chi connectivity index (χ1) is 13.2. The van der Waals surface area contributed by atoms with Crippen molar-refractivity contribution in [1.29, 1.82) is 0 Å². The normalized spacial score (nSPS) is 12.9. The van der Waals surface area contributed by atoms with Gasteiger partial charge < -0.3 is 25.3 Å². The predicted molar refractivity (Wildman–Crippen MR) is 107 cm³/mol. The lowest BCUT2D eigenvalue weighted by Crippen LogP contribution is -2.29. The highest BCUT2D eigenvalue weighted by molar-refractivity contribution is 6.05. The monoisotopic (exact) mass is 362 g/mol. The number of rotatable bonds is 5. The van der Waals surface area contributed by atoms with Crippen LogP contribution in [0.4, 0.5) is 17.1 Å². The van der Waals surface area contributed by atoms with Crippen LogP contribution in [-0.2, 0) is 13.1 Å². The van der Waals surface area contributed by atoms with E-state index in [2.05, 4.69) is 20.5 Å². The van der Waals surface area contributed by atoms with E-state index in [9.17, 15) is 4.79 Å². The molecule has 3 N–H and O–H groups in total. The minimum absolute atomic E-state index is 0.0853. The lowest BCUT2D eigenvalue weighted by Gasteiger charge is -2.17. The van der Waals surface area contributed by atoms with E-state index < -0.39 is 0 Å². The van der Waals surface area contributed by atoms with Crippen molar-refractivity contribution in [1.82, 2.24) is 9.88 Å². The lowest BCUT2D eigenvalue weighted by molar-refractivity contribution is 0.102. The van der Waals surface area contributed by atoms with Gasteiger partial charge in [-0.05, 0) is 42.5 Å². The largest absolute Gasteiger partial charge is 0.495 e. The van der Waals surface area contributed by atoms with Crippen LogP contribution in [0.1, 0.15) is 16.1 Å². The SMILES string of the molecule is COc1ccccc1Nc1ccc(NC(=O)c2ccn3c2CNCC3)cc1. The molecule has 0 unspecified atom stereocenters. The van der Waals surface area contributed by atoms with Crippen molar-refractivity contribution in [3.63, 3.8) is 0 Å². The fourth-order valence-corrected chi connectivity index (χ4v) is 3.26. The molecule has 1 amide bonds. The number of amides is 1. The molecule has 27 heavy (non-hydrogen) atoms. The maximum Gasteiger partial charge on any atom is 0.257 e. The van der Waals surface area contributed by atoms with Crippen LogP contribution in [0.2, 0.25) is 0 Å². The van der Waals surface area contributed by atoms with Gasteiger partial charge in [0.25, 0.3) is 5.91 Å². The Labute approximate surface area is 158 Å². The summed E-state index contributed by atoms with van der Waals surface area (Å²) in [5.74, 6) is 0.694. The van der Waals surface area contributed by atoms with Crippen LogP contribution in [0.15, 0.2) is 60.8 Å². The zero-order chi connectivity index (χ0) is 18.6. The number of nitrogens with zero attached hydrogens (tertiary/aromatic N) is 1. The van der Waals surface area contributed by atoms with Gasteiger partial charge in [0.15, 0.2) is 0 Å². The third kappa shape index (κ3) is 3.66. The second-order valence-electron chi connectivity index (χ2n) is 6.40. The van der Waals surface area contributed by atoms with Gasteiger partial charge >= 0.3 is 0 Å². The number of hydrogen-bond acceptors (Lipinski definition) is 4. The molecule has 2 heterocycles. The second-order valence-corrected chi connectivity index (χ2v) is 6.40. The number of ether oxygens (including phenoxy) is 1. The summed E-state index contributed by atoms with van der Waals surface area (Å²) in [5.41, 5.74) is 4.33. The Morgan fingerprint density at radius 2 is 1.85 bits per heavy atom. The van der Waals surface area contributed by atoms with Crippen molar-refractivity contribution in [2.75, 3.05) is 24.3 Å². The number of para-hydroxylation sites is 2. The van der Waals surface area contributed by atoms with Crippen molar-refractivity contribution >= 4 is 23.0 Å². The topological polar surface area (TPSA) is 67.3 Å². The van der Waals surface area contributed by atoms with Crippen LogP contribution in [0, 0.1) is 0 Å². The molecule has 138 valence electrons. The van der Waals surface area contributed by atoms with Gasteiger partial charge in [0.1, 0.15) is 5.75 Å². The first-order valence-corrected chi connectivity index (χ1v) is 8.95. The molecule has 2 aromatic carbocycles. The Kier molecular flexibility index (Phi) is 4.80. The molecule has 4 rings (SSSR count). The number of methoxy groups -OCH3 is 1. The molecule has 1 aromatic heterocycles. The molecule has 0 fully saturated rings. The molecule has 1 aliphatic heterocycles. The fourth-order valence-electron chi connectivity index (χ4n) is 3.26. The first-order valence-electron chi connectivity index (χ1n) is 8.95. The number of benzene rings is 2. The van der Waals surface area contributed by atoms with Gasteiger partial charge in [0.05, 0.1) is 18.4 Å². The van der Waals surface area contributed by atoms with E-state index in [1.165, 1.54) is 0 Å². The van der Waals surface area contributed by atoms with E-state index >= 15 is 0 Å². The fraction of sp³-hybridized carbons (Fsp3) is 0.190. The Morgan fingerprint density at radius 3 is 2.67 bits per heavy atom. The van der Waals surface area contributed by atoms with Crippen molar-refractivity contribution in [3.8, 4) is 5.75 Å². The number of aromatic nitrogens is 1. The summed E-state index contributed by atoms with van der Waals surface area (Å²) in [7, 11) is 1.65. The molecule has 1 aliphatic rings. The molecule has 6 nitrogen and oxygen atoms in total. The average Bonchev–Trinajstić information content (AvgIpc) is 3.14. The molecular weight excluding hydrogens is 340 g/mol. The van der Waals surface area contributed by atoms with Gasteiger partial charge in [-0.1, -0.05) is 12.1 Å². The number of fused-ring (bicyclic) bond motifs is 1. The second kappa shape index (κ2) is 7.55. The standard InChI is InChI=1S/C21H22N4O2/c1-27-20-5-3-2-4-18(20)23-15-6-8-16(9-7-15)24-21(26)17-10-12-25-13-11-22-14-19(17)25/h2-10,12,22-23H,11,13-14H2,1H3,(H,24,26). The molecule has 0 saturated carbocycles. The van der Waals surface area contributed by atoms with Crippen molar-refractivity contribution in [2.45, 2.75) is 13.1 Å². The van der Waals surface area contributed by atoms with E-state index in [0.29, 0.717) is 0 Å². The predicted octanol–water partition coefficient (Wildman–Crippen LogP) is 3.60. The molecule has 0 radical (unpaired) electrons. The summed E-state index contributed by atoms with van der Waals surface area (Å²) in [5, 5.41) is 9.61. The molecule has 0 bridgehead atoms. The third-order valence-corrected chi connectivity index (χ3v) is 4.67. The van der Waals surface area contributed by atoms with E-state index in [1.54, 1.807) is 7.11 Å². The Morgan fingerprint density at radius 1 is 1.07 bits per heavy atom. The molecule has 0 aliphatic carbocycles. The van der Waals surface area contributed by atoms with Crippen LogP contribution < -0.4 is 20.7 Å². The molecule has 0 saturated heterocycles. The molecule has 3 aromatic rings. The summed E-state index contributed by atoms with van der Waals surface area (Å²) >= 11 is 0. The van der Waals surface area contributed by atoms with Gasteiger partial charge in [0, 0.05) is 42.9 Å². The summed E-state index contributed by atoms with van der Waals surface area (Å²) in [4.78, 5) is 12.6. The minimum atomic E-state index is -0.0853. The first kappa shape index (κ1) is 17.2. The van der Waals surface area contributed by atoms with Gasteiger partial charge in [-0.2, -0.15) is 0 Å². The molecule has 0 spiro atoms. The van der Waals surface area contributed by atoms with Gasteiger partial charge in [-0.15, -0.1) is 0 Å². The summed E-state index contributed by atoms with van der Waals surface area (Å²) in [6.45, 7) is 2.55. The number of carbonyl (C=O) groups excluding carboxylic acids is 1. The molecular formula is C21H22N4O2. The van der Waals surface area contributed by atoms with Crippen LogP contribution in [0.5, 0.6) is 5.75 Å². The van der Waals surface area contributed by atoms with Crippen molar-refractivity contribution in [2.24, 2.45) is 0 Å². The van der Waals surface area contributed by atoms with Crippen LogP contribution in [-0.4, -0.2) is 24.1 Å². The maximum absolute atomic E-state index is 12.6. The zero-order valence-corrected chi connectivity index (χ0v) is 15.2. The van der Waals surface area contributed by atoms with Crippen LogP contribution >= 0.6 is 0 Å². The van der Waals surface area contributed by atoms with E-state index in [-0.39, 0.29) is 5.91 Å². The number of anilines is 3. The summed E-state index contributed by atoms with van der Waals surface area (Å²) in [6.07, 6.45) is 1.98. The number of nitrogens with one attached hydrogen (secondary N) is 3. The number of carbonyl (C=O) groups is 1. The Balaban J connectivity index is 1.45. The highest BCUT2D eigenvalue weighted by atomic mass is 16.5. The van der Waals surface area contributed by atoms with Crippen molar-refractivity contribution in [3.05, 3.63) is 72.1 Å². The molecule has 0 atom stereocenters. The number of hydrogen-bond donors (Lipinski definition) is 3. The highest BCUT2D eigenvalue weighted by Crippen LogP contribution is 2.27. The summed E-state index contributed by atoms with van der Waals surface area (Å²) < 4.78 is 7.48. The minimum Gasteiger partial charge on any atom is -0.495 e. The quantitative estimate of drug-likeness (QED) is 0.649. The Bertz CT molecular complexity index is 947. The van der Waals surface area contributed by atoms with Gasteiger partial charge in [-0.3, -0.25) is 4.79 Å². The third-order valence-electron chi connectivity index (χ3n) is 4.67. The molecule has 6 heteroatoms. The highest BCUT2D eigenvalue weighted by Gasteiger charge is 2.18. The smallest absolute Gasteiger partial charge is 0.257 e. The lowest BCUT2D eigenvalue weighted by atomic mass is 10.2. The van der Waals surface area contributed by atoms with E-state index in [1.807, 2.05) is 60.8 Å². The van der Waals surface area contributed by atoms with Crippen LogP contribution in [0.25, 0.3) is 0 Å². The van der Waals surface area contributed by atoms with Crippen LogP contribution in [0.3, 0.4) is 0 Å². The average molecular weight is 362 g/mol. The van der Waals surface area contributed by atoms with Gasteiger partial charge in [0.2, 0.25) is 0 Å². The van der Waals surface area contributed by atoms with Gasteiger partial charge in [-0.25, -0.2) is 0 Å². The van der Waals surface area contributed by atoms with E-state index in [4.69, 9.17) is 4.74 Å². The maximum atomic E-state index is 12.6.